The number of hydrogen-bond donors (Lipinski definition) is 1. The lowest BCUT2D eigenvalue weighted by atomic mass is 10.1. The van der Waals surface area contributed by atoms with Crippen LogP contribution < -0.4 is 10.1 Å². The average Bonchev–Trinajstić information content (AvgIpc) is 2.56. The number of nitriles is 1. The van der Waals surface area contributed by atoms with Gasteiger partial charge in [0.05, 0.1) is 17.8 Å². The molecule has 0 spiro atoms. The van der Waals surface area contributed by atoms with Gasteiger partial charge in [0.25, 0.3) is 5.91 Å². The Balaban J connectivity index is 2.34. The van der Waals surface area contributed by atoms with E-state index >= 15 is 0 Å². The second-order valence-corrected chi connectivity index (χ2v) is 5.71. The highest BCUT2D eigenvalue weighted by molar-refractivity contribution is 6.34. The van der Waals surface area contributed by atoms with Gasteiger partial charge >= 0.3 is 0 Å². The Morgan fingerprint density at radius 1 is 1.29 bits per heavy atom. The maximum Gasteiger partial charge on any atom is 0.266 e. The van der Waals surface area contributed by atoms with E-state index in [4.69, 9.17) is 16.3 Å². The van der Waals surface area contributed by atoms with Crippen LogP contribution in [0.25, 0.3) is 6.08 Å². The second kappa shape index (κ2) is 7.67. The minimum absolute atomic E-state index is 0.0319. The van der Waals surface area contributed by atoms with Gasteiger partial charge in [0.15, 0.2) is 0 Å². The minimum atomic E-state index is -0.516. The van der Waals surface area contributed by atoms with Crippen LogP contribution >= 0.6 is 11.6 Å². The van der Waals surface area contributed by atoms with Crippen molar-refractivity contribution in [3.05, 3.63) is 63.7 Å². The Hall–Kier alpha value is -2.77. The van der Waals surface area contributed by atoms with Crippen LogP contribution in [0.5, 0.6) is 5.75 Å². The number of carbonyl (C=O) groups is 1. The number of aryl methyl sites for hydroxylation is 2. The Labute approximate surface area is 146 Å². The molecule has 0 saturated carbocycles. The van der Waals surface area contributed by atoms with Crippen LogP contribution in [0.3, 0.4) is 0 Å². The lowest BCUT2D eigenvalue weighted by Gasteiger charge is -2.11. The number of amides is 1. The molecule has 0 radical (unpaired) electrons. The van der Waals surface area contributed by atoms with Crippen LogP contribution in [0, 0.1) is 25.2 Å². The zero-order chi connectivity index (χ0) is 17.7. The number of nitrogens with one attached hydrogen (secondary N) is 1. The highest BCUT2D eigenvalue weighted by Gasteiger charge is 2.14. The molecule has 2 aromatic carbocycles. The molecule has 0 bridgehead atoms. The molecular weight excluding hydrogens is 324 g/mol. The SMILES string of the molecule is COc1ccccc1/C=C(\C#N)C(=O)Nc1c(C)cc(C)cc1Cl. The predicted octanol–water partition coefficient (Wildman–Crippen LogP) is 4.51. The molecule has 5 heteroatoms. The van der Waals surface area contributed by atoms with E-state index in [0.717, 1.165) is 11.1 Å². The van der Waals surface area contributed by atoms with Crippen molar-refractivity contribution in [3.63, 3.8) is 0 Å². The van der Waals surface area contributed by atoms with E-state index < -0.39 is 5.91 Å². The first-order chi connectivity index (χ1) is 11.5. The maximum absolute atomic E-state index is 12.4. The summed E-state index contributed by atoms with van der Waals surface area (Å²) in [5, 5.41) is 12.5. The molecule has 122 valence electrons. The van der Waals surface area contributed by atoms with Crippen LogP contribution in [0.2, 0.25) is 5.02 Å². The third-order valence-corrected chi connectivity index (χ3v) is 3.77. The monoisotopic (exact) mass is 340 g/mol. The number of carbonyl (C=O) groups excluding carboxylic acids is 1. The van der Waals surface area contributed by atoms with E-state index in [9.17, 15) is 10.1 Å². The summed E-state index contributed by atoms with van der Waals surface area (Å²) in [7, 11) is 1.54. The summed E-state index contributed by atoms with van der Waals surface area (Å²) in [6.07, 6.45) is 1.49. The quantitative estimate of drug-likeness (QED) is 0.658. The smallest absolute Gasteiger partial charge is 0.266 e. The van der Waals surface area contributed by atoms with Gasteiger partial charge in [-0.15, -0.1) is 0 Å². The summed E-state index contributed by atoms with van der Waals surface area (Å²) < 4.78 is 5.23. The molecule has 0 heterocycles. The van der Waals surface area contributed by atoms with E-state index in [1.165, 1.54) is 13.2 Å². The molecule has 2 rings (SSSR count). The molecule has 4 nitrogen and oxygen atoms in total. The molecule has 1 amide bonds. The molecule has 0 fully saturated rings. The third kappa shape index (κ3) is 3.95. The number of halogens is 1. The van der Waals surface area contributed by atoms with E-state index in [1.807, 2.05) is 38.1 Å². The first-order valence-electron chi connectivity index (χ1n) is 7.29. The van der Waals surface area contributed by atoms with Crippen molar-refractivity contribution in [3.8, 4) is 11.8 Å². The Bertz CT molecular complexity index is 828. The zero-order valence-electron chi connectivity index (χ0n) is 13.7. The van der Waals surface area contributed by atoms with Crippen LogP contribution in [0.15, 0.2) is 42.0 Å². The Morgan fingerprint density at radius 2 is 2.00 bits per heavy atom. The number of ether oxygens (including phenoxy) is 1. The molecule has 0 atom stereocenters. The van der Waals surface area contributed by atoms with E-state index in [1.54, 1.807) is 18.2 Å². The molecule has 0 saturated heterocycles. The van der Waals surface area contributed by atoms with Gasteiger partial charge in [-0.3, -0.25) is 4.79 Å². The van der Waals surface area contributed by atoms with Crippen molar-refractivity contribution in [1.29, 1.82) is 5.26 Å². The van der Waals surface area contributed by atoms with Gasteiger partial charge < -0.3 is 10.1 Å². The summed E-state index contributed by atoms with van der Waals surface area (Å²) >= 11 is 6.20. The number of nitrogens with zero attached hydrogens (tertiary/aromatic N) is 1. The van der Waals surface area contributed by atoms with Gasteiger partial charge in [0, 0.05) is 5.56 Å². The Morgan fingerprint density at radius 3 is 2.62 bits per heavy atom. The fourth-order valence-electron chi connectivity index (χ4n) is 2.34. The molecule has 0 aliphatic carbocycles. The van der Waals surface area contributed by atoms with Crippen LogP contribution in [0.1, 0.15) is 16.7 Å². The summed E-state index contributed by atoms with van der Waals surface area (Å²) in [6.45, 7) is 3.78. The van der Waals surface area contributed by atoms with Crippen molar-refractivity contribution in [2.45, 2.75) is 13.8 Å². The van der Waals surface area contributed by atoms with Crippen LogP contribution in [-0.2, 0) is 4.79 Å². The fraction of sp³-hybridized carbons (Fsp3) is 0.158. The number of rotatable bonds is 4. The molecule has 0 unspecified atom stereocenters. The standard InChI is InChI=1S/C19H17ClN2O2/c1-12-8-13(2)18(16(20)9-12)22-19(23)15(11-21)10-14-6-4-5-7-17(14)24-3/h4-10H,1-3H3,(H,22,23)/b15-10+. The van der Waals surface area contributed by atoms with Crippen molar-refractivity contribution in [1.82, 2.24) is 0 Å². The number of anilines is 1. The van der Waals surface area contributed by atoms with Crippen LogP contribution in [0.4, 0.5) is 5.69 Å². The van der Waals surface area contributed by atoms with E-state index in [-0.39, 0.29) is 5.57 Å². The zero-order valence-corrected chi connectivity index (χ0v) is 14.4. The van der Waals surface area contributed by atoms with Crippen molar-refractivity contribution in [2.75, 3.05) is 12.4 Å². The fourth-order valence-corrected chi connectivity index (χ4v) is 2.71. The third-order valence-electron chi connectivity index (χ3n) is 3.47. The van der Waals surface area contributed by atoms with Gasteiger partial charge in [-0.1, -0.05) is 35.9 Å². The highest BCUT2D eigenvalue weighted by Crippen LogP contribution is 2.28. The van der Waals surface area contributed by atoms with Gasteiger partial charge in [0.2, 0.25) is 0 Å². The Kier molecular flexibility index (Phi) is 5.62. The summed E-state index contributed by atoms with van der Waals surface area (Å²) in [5.74, 6) is 0.0693. The number of benzene rings is 2. The summed E-state index contributed by atoms with van der Waals surface area (Å²) in [6, 6.07) is 12.8. The number of para-hydroxylation sites is 1. The molecule has 0 aliphatic rings. The predicted molar refractivity (Wildman–Crippen MR) is 96.1 cm³/mol. The van der Waals surface area contributed by atoms with Gasteiger partial charge in [-0.2, -0.15) is 5.26 Å². The minimum Gasteiger partial charge on any atom is -0.496 e. The van der Waals surface area contributed by atoms with Crippen LogP contribution in [-0.4, -0.2) is 13.0 Å². The first-order valence-corrected chi connectivity index (χ1v) is 7.67. The maximum atomic E-state index is 12.4. The van der Waals surface area contributed by atoms with E-state index in [2.05, 4.69) is 5.32 Å². The van der Waals surface area contributed by atoms with Gasteiger partial charge in [0.1, 0.15) is 17.4 Å². The molecule has 1 N–H and O–H groups in total. The summed E-state index contributed by atoms with van der Waals surface area (Å²) in [4.78, 5) is 12.4. The topological polar surface area (TPSA) is 62.1 Å². The summed E-state index contributed by atoms with van der Waals surface area (Å²) in [5.41, 5.74) is 2.96. The molecular formula is C19H17ClN2O2. The van der Waals surface area contributed by atoms with Crippen molar-refractivity contribution in [2.24, 2.45) is 0 Å². The molecule has 0 aliphatic heterocycles. The normalized spacial score (nSPS) is 10.9. The highest BCUT2D eigenvalue weighted by atomic mass is 35.5. The average molecular weight is 341 g/mol. The number of hydrogen-bond acceptors (Lipinski definition) is 3. The number of methoxy groups -OCH3 is 1. The van der Waals surface area contributed by atoms with E-state index in [0.29, 0.717) is 22.0 Å². The van der Waals surface area contributed by atoms with Gasteiger partial charge in [-0.05, 0) is 43.2 Å². The molecule has 2 aromatic rings. The second-order valence-electron chi connectivity index (χ2n) is 5.30. The van der Waals surface area contributed by atoms with Gasteiger partial charge in [-0.25, -0.2) is 0 Å². The lowest BCUT2D eigenvalue weighted by Crippen LogP contribution is -2.14. The first kappa shape index (κ1) is 17.6. The molecule has 0 aromatic heterocycles. The lowest BCUT2D eigenvalue weighted by molar-refractivity contribution is -0.112. The molecule has 24 heavy (non-hydrogen) atoms. The van der Waals surface area contributed by atoms with Crippen molar-refractivity contribution < 1.29 is 9.53 Å². The van der Waals surface area contributed by atoms with Crippen molar-refractivity contribution >= 4 is 29.3 Å². The largest absolute Gasteiger partial charge is 0.496 e.